The molecule has 0 saturated carbocycles. The molecule has 6 heteroatoms. The number of nitrogens with one attached hydrogen (secondary N) is 1. The minimum Gasteiger partial charge on any atom is -0.350 e. The molecule has 0 spiro atoms. The van der Waals surface area contributed by atoms with Gasteiger partial charge in [-0.05, 0) is 50.3 Å². The van der Waals surface area contributed by atoms with Crippen LogP contribution in [0.4, 0.5) is 0 Å². The number of piperidine rings is 1. The molecule has 0 bridgehead atoms. The summed E-state index contributed by atoms with van der Waals surface area (Å²) in [6.07, 6.45) is 2.36. The van der Waals surface area contributed by atoms with Crippen LogP contribution in [0.5, 0.6) is 0 Å². The third-order valence-corrected chi connectivity index (χ3v) is 6.64. The van der Waals surface area contributed by atoms with Gasteiger partial charge in [-0.3, -0.25) is 14.4 Å². The summed E-state index contributed by atoms with van der Waals surface area (Å²) in [6, 6.07) is 15.3. The van der Waals surface area contributed by atoms with Gasteiger partial charge in [0.25, 0.3) is 5.91 Å². The lowest BCUT2D eigenvalue weighted by atomic mass is 9.99. The van der Waals surface area contributed by atoms with E-state index in [4.69, 9.17) is 0 Å². The van der Waals surface area contributed by atoms with Crippen LogP contribution >= 0.6 is 0 Å². The molecule has 2 heterocycles. The number of amides is 3. The van der Waals surface area contributed by atoms with Crippen molar-refractivity contribution < 1.29 is 14.4 Å². The lowest BCUT2D eigenvalue weighted by Crippen LogP contribution is -2.53. The van der Waals surface area contributed by atoms with E-state index in [2.05, 4.69) is 5.32 Å². The van der Waals surface area contributed by atoms with E-state index in [1.807, 2.05) is 67.3 Å². The van der Waals surface area contributed by atoms with Crippen LogP contribution in [0.2, 0.25) is 0 Å². The van der Waals surface area contributed by atoms with E-state index in [9.17, 15) is 14.4 Å². The minimum atomic E-state index is -0.419. The van der Waals surface area contributed by atoms with Gasteiger partial charge in [-0.2, -0.15) is 0 Å². The van der Waals surface area contributed by atoms with E-state index in [1.54, 1.807) is 4.90 Å². The fourth-order valence-corrected chi connectivity index (χ4v) is 4.80. The average Bonchev–Trinajstić information content (AvgIpc) is 3.21. The molecular formula is C26H31N3O3. The van der Waals surface area contributed by atoms with E-state index in [0.29, 0.717) is 45.3 Å². The average molecular weight is 434 g/mol. The molecule has 3 amide bonds. The molecule has 2 fully saturated rings. The molecule has 32 heavy (non-hydrogen) atoms. The molecule has 0 aliphatic carbocycles. The van der Waals surface area contributed by atoms with Crippen molar-refractivity contribution in [2.75, 3.05) is 13.1 Å². The Morgan fingerprint density at radius 1 is 1.00 bits per heavy atom. The van der Waals surface area contributed by atoms with Crippen molar-refractivity contribution in [1.29, 1.82) is 0 Å². The summed E-state index contributed by atoms with van der Waals surface area (Å²) in [5, 5.41) is 2.99. The lowest BCUT2D eigenvalue weighted by Gasteiger charge is -2.39. The Labute approximate surface area is 189 Å². The maximum atomic E-state index is 13.0. The molecule has 2 aliphatic heterocycles. The van der Waals surface area contributed by atoms with Crippen molar-refractivity contribution in [2.45, 2.75) is 58.2 Å². The van der Waals surface area contributed by atoms with Gasteiger partial charge in [0.05, 0.1) is 0 Å². The topological polar surface area (TPSA) is 69.7 Å². The summed E-state index contributed by atoms with van der Waals surface area (Å²) in [4.78, 5) is 42.2. The van der Waals surface area contributed by atoms with Crippen LogP contribution in [-0.2, 0) is 16.1 Å². The Hall–Kier alpha value is -3.15. The molecule has 2 saturated heterocycles. The van der Waals surface area contributed by atoms with Gasteiger partial charge in [-0.15, -0.1) is 0 Å². The highest BCUT2D eigenvalue weighted by atomic mass is 16.2. The van der Waals surface area contributed by atoms with Crippen LogP contribution in [0.1, 0.15) is 52.7 Å². The highest BCUT2D eigenvalue weighted by molar-refractivity contribution is 5.96. The summed E-state index contributed by atoms with van der Waals surface area (Å²) in [5.74, 6) is 0.00677. The normalized spacial score (nSPS) is 19.3. The summed E-state index contributed by atoms with van der Waals surface area (Å²) in [6.45, 7) is 5.60. The van der Waals surface area contributed by atoms with Gasteiger partial charge in [0.1, 0.15) is 6.04 Å². The lowest BCUT2D eigenvalue weighted by molar-refractivity contribution is -0.138. The summed E-state index contributed by atoms with van der Waals surface area (Å²) in [7, 11) is 0. The van der Waals surface area contributed by atoms with Gasteiger partial charge in [-0.25, -0.2) is 0 Å². The third-order valence-electron chi connectivity index (χ3n) is 6.64. The molecule has 2 aromatic carbocycles. The molecule has 1 N–H and O–H groups in total. The first-order valence-corrected chi connectivity index (χ1v) is 11.4. The quantitative estimate of drug-likeness (QED) is 0.787. The number of hydrogen-bond donors (Lipinski definition) is 1. The molecule has 6 nitrogen and oxygen atoms in total. The van der Waals surface area contributed by atoms with Crippen molar-refractivity contribution in [3.63, 3.8) is 0 Å². The van der Waals surface area contributed by atoms with E-state index >= 15 is 0 Å². The maximum absolute atomic E-state index is 13.0. The molecule has 0 aromatic heterocycles. The first-order valence-electron chi connectivity index (χ1n) is 11.4. The summed E-state index contributed by atoms with van der Waals surface area (Å²) < 4.78 is 0. The van der Waals surface area contributed by atoms with Crippen LogP contribution in [0, 0.1) is 13.8 Å². The Bertz CT molecular complexity index is 997. The molecule has 2 aliphatic rings. The van der Waals surface area contributed by atoms with Crippen molar-refractivity contribution in [1.82, 2.24) is 15.1 Å². The number of benzene rings is 2. The van der Waals surface area contributed by atoms with Gasteiger partial charge in [0.15, 0.2) is 0 Å². The van der Waals surface area contributed by atoms with Crippen LogP contribution in [0.3, 0.4) is 0 Å². The van der Waals surface area contributed by atoms with Crippen LogP contribution in [0.15, 0.2) is 48.5 Å². The minimum absolute atomic E-state index is 0.000122. The molecule has 4 rings (SSSR count). The Morgan fingerprint density at radius 2 is 1.72 bits per heavy atom. The second-order valence-corrected chi connectivity index (χ2v) is 8.90. The first-order chi connectivity index (χ1) is 15.4. The number of aryl methyl sites for hydroxylation is 2. The van der Waals surface area contributed by atoms with Gasteiger partial charge in [0, 0.05) is 37.7 Å². The van der Waals surface area contributed by atoms with Gasteiger partial charge in [0.2, 0.25) is 11.8 Å². The van der Waals surface area contributed by atoms with Crippen molar-refractivity contribution in [2.24, 2.45) is 0 Å². The van der Waals surface area contributed by atoms with Gasteiger partial charge in [-0.1, -0.05) is 48.0 Å². The smallest absolute Gasteiger partial charge is 0.254 e. The van der Waals surface area contributed by atoms with E-state index in [0.717, 1.165) is 22.3 Å². The number of carbonyl (C=O) groups is 3. The fraction of sp³-hybridized carbons (Fsp3) is 0.423. The molecule has 1 atom stereocenters. The van der Waals surface area contributed by atoms with Crippen LogP contribution in [0.25, 0.3) is 0 Å². The highest BCUT2D eigenvalue weighted by Crippen LogP contribution is 2.28. The molecule has 2 aromatic rings. The van der Waals surface area contributed by atoms with Crippen molar-refractivity contribution in [3.8, 4) is 0 Å². The fourth-order valence-electron chi connectivity index (χ4n) is 4.80. The van der Waals surface area contributed by atoms with Crippen molar-refractivity contribution >= 4 is 17.7 Å². The molecule has 168 valence electrons. The molecule has 1 unspecified atom stereocenters. The second-order valence-electron chi connectivity index (χ2n) is 8.90. The molecular weight excluding hydrogens is 402 g/mol. The van der Waals surface area contributed by atoms with Crippen LogP contribution < -0.4 is 5.32 Å². The SMILES string of the molecule is Cc1ccc(C)c(C(=O)N2CCC(N3C(=O)CCC3C(=O)NCc3ccccc3)CC2)c1. The van der Waals surface area contributed by atoms with E-state index in [1.165, 1.54) is 0 Å². The van der Waals surface area contributed by atoms with Gasteiger partial charge >= 0.3 is 0 Å². The van der Waals surface area contributed by atoms with Gasteiger partial charge < -0.3 is 15.1 Å². The first kappa shape index (κ1) is 22.1. The number of likely N-dealkylation sites (tertiary alicyclic amines) is 2. The number of nitrogens with zero attached hydrogens (tertiary/aromatic N) is 2. The zero-order valence-electron chi connectivity index (χ0n) is 18.8. The Balaban J connectivity index is 1.37. The third kappa shape index (κ3) is 4.69. The zero-order chi connectivity index (χ0) is 22.7. The second kappa shape index (κ2) is 9.55. The summed E-state index contributed by atoms with van der Waals surface area (Å²) in [5.41, 5.74) is 3.84. The van der Waals surface area contributed by atoms with E-state index in [-0.39, 0.29) is 23.8 Å². The Kier molecular flexibility index (Phi) is 6.58. The Morgan fingerprint density at radius 3 is 2.44 bits per heavy atom. The number of rotatable bonds is 5. The largest absolute Gasteiger partial charge is 0.350 e. The highest BCUT2D eigenvalue weighted by Gasteiger charge is 2.41. The summed E-state index contributed by atoms with van der Waals surface area (Å²) >= 11 is 0. The van der Waals surface area contributed by atoms with Crippen molar-refractivity contribution in [3.05, 3.63) is 70.8 Å². The number of hydrogen-bond acceptors (Lipinski definition) is 3. The molecule has 0 radical (unpaired) electrons. The maximum Gasteiger partial charge on any atom is 0.254 e. The van der Waals surface area contributed by atoms with E-state index < -0.39 is 6.04 Å². The predicted octanol–water partition coefficient (Wildman–Crippen LogP) is 3.22. The monoisotopic (exact) mass is 433 g/mol. The van der Waals surface area contributed by atoms with Crippen LogP contribution in [-0.4, -0.2) is 52.7 Å². The number of carbonyl (C=O) groups excluding carboxylic acids is 3. The predicted molar refractivity (Wildman–Crippen MR) is 123 cm³/mol. The zero-order valence-corrected chi connectivity index (χ0v) is 18.8. The standard InChI is InChI=1S/C26H31N3O3/c1-18-8-9-19(2)22(16-18)26(32)28-14-12-21(13-15-28)29-23(10-11-24(29)30)25(31)27-17-20-6-4-3-5-7-20/h3-9,16,21,23H,10-15,17H2,1-2H3,(H,27,31).